The van der Waals surface area contributed by atoms with E-state index in [0.717, 1.165) is 6.54 Å². The summed E-state index contributed by atoms with van der Waals surface area (Å²) >= 11 is 0. The van der Waals surface area contributed by atoms with Gasteiger partial charge in [0.1, 0.15) is 0 Å². The van der Waals surface area contributed by atoms with Crippen LogP contribution in [0.25, 0.3) is 5.69 Å². The van der Waals surface area contributed by atoms with Gasteiger partial charge in [-0.1, -0.05) is 24.6 Å². The van der Waals surface area contributed by atoms with Crippen LogP contribution in [0.2, 0.25) is 0 Å². The molecule has 1 heterocycles. The fourth-order valence-corrected chi connectivity index (χ4v) is 2.60. The van der Waals surface area contributed by atoms with Gasteiger partial charge in [-0.3, -0.25) is 0 Å². The zero-order chi connectivity index (χ0) is 12.4. The quantitative estimate of drug-likeness (QED) is 0.892. The summed E-state index contributed by atoms with van der Waals surface area (Å²) in [4.78, 5) is 4.35. The lowest BCUT2D eigenvalue weighted by Gasteiger charge is -2.26. The SMILES string of the molecule is CNCc1ccccc1-n1cncc1C1CCC1. The molecule has 3 heteroatoms. The monoisotopic (exact) mass is 241 g/mol. The normalized spacial score (nSPS) is 15.6. The number of hydrogen-bond donors (Lipinski definition) is 1. The van der Waals surface area contributed by atoms with Gasteiger partial charge in [0.15, 0.2) is 0 Å². The fraction of sp³-hybridized carbons (Fsp3) is 0.400. The average molecular weight is 241 g/mol. The first kappa shape index (κ1) is 11.5. The van der Waals surface area contributed by atoms with Gasteiger partial charge < -0.3 is 9.88 Å². The Labute approximate surface area is 108 Å². The second-order valence-electron chi connectivity index (χ2n) is 4.98. The number of aromatic nitrogens is 2. The minimum atomic E-state index is 0.704. The predicted octanol–water partition coefficient (Wildman–Crippen LogP) is 2.86. The second-order valence-corrected chi connectivity index (χ2v) is 4.98. The summed E-state index contributed by atoms with van der Waals surface area (Å²) in [6, 6.07) is 8.54. The van der Waals surface area contributed by atoms with Crippen LogP contribution in [0.3, 0.4) is 0 Å². The molecule has 1 saturated carbocycles. The lowest BCUT2D eigenvalue weighted by atomic mass is 9.83. The van der Waals surface area contributed by atoms with Gasteiger partial charge in [0.2, 0.25) is 0 Å². The van der Waals surface area contributed by atoms with Crippen LogP contribution < -0.4 is 5.32 Å². The van der Waals surface area contributed by atoms with Gasteiger partial charge in [-0.25, -0.2) is 4.98 Å². The highest BCUT2D eigenvalue weighted by atomic mass is 15.1. The Morgan fingerprint density at radius 2 is 2.17 bits per heavy atom. The molecule has 94 valence electrons. The molecule has 0 bridgehead atoms. The van der Waals surface area contributed by atoms with Crippen LogP contribution >= 0.6 is 0 Å². The maximum atomic E-state index is 4.35. The Hall–Kier alpha value is -1.61. The molecule has 0 unspecified atom stereocenters. The van der Waals surface area contributed by atoms with E-state index >= 15 is 0 Å². The molecule has 1 fully saturated rings. The smallest absolute Gasteiger partial charge is 0.0994 e. The van der Waals surface area contributed by atoms with Crippen molar-refractivity contribution in [3.63, 3.8) is 0 Å². The summed E-state index contributed by atoms with van der Waals surface area (Å²) in [5, 5.41) is 3.23. The van der Waals surface area contributed by atoms with Crippen LogP contribution in [0.15, 0.2) is 36.8 Å². The second kappa shape index (κ2) is 4.94. The van der Waals surface area contributed by atoms with Crippen molar-refractivity contribution in [2.24, 2.45) is 0 Å². The van der Waals surface area contributed by atoms with Gasteiger partial charge in [0.05, 0.1) is 12.0 Å². The Kier molecular flexibility index (Phi) is 3.15. The number of rotatable bonds is 4. The molecule has 0 saturated heterocycles. The molecular weight excluding hydrogens is 222 g/mol. The van der Waals surface area contributed by atoms with Crippen molar-refractivity contribution in [1.29, 1.82) is 0 Å². The summed E-state index contributed by atoms with van der Waals surface area (Å²) < 4.78 is 2.26. The molecule has 3 rings (SSSR count). The van der Waals surface area contributed by atoms with E-state index in [0.29, 0.717) is 5.92 Å². The Morgan fingerprint density at radius 3 is 2.89 bits per heavy atom. The van der Waals surface area contributed by atoms with Crippen molar-refractivity contribution in [2.45, 2.75) is 31.7 Å². The lowest BCUT2D eigenvalue weighted by Crippen LogP contribution is -2.15. The highest BCUT2D eigenvalue weighted by Gasteiger charge is 2.23. The van der Waals surface area contributed by atoms with E-state index in [1.165, 1.54) is 36.2 Å². The molecule has 1 aliphatic carbocycles. The molecule has 0 atom stereocenters. The van der Waals surface area contributed by atoms with Gasteiger partial charge >= 0.3 is 0 Å². The molecule has 2 aromatic rings. The van der Waals surface area contributed by atoms with E-state index < -0.39 is 0 Å². The topological polar surface area (TPSA) is 29.9 Å². The number of benzene rings is 1. The van der Waals surface area contributed by atoms with Gasteiger partial charge in [-0.05, 0) is 31.5 Å². The zero-order valence-electron chi connectivity index (χ0n) is 10.8. The Balaban J connectivity index is 2.01. The molecular formula is C15H19N3. The number of hydrogen-bond acceptors (Lipinski definition) is 2. The van der Waals surface area contributed by atoms with Crippen LogP contribution in [0.5, 0.6) is 0 Å². The Bertz CT molecular complexity index is 526. The number of nitrogens with one attached hydrogen (secondary N) is 1. The standard InChI is InChI=1S/C15H19N3/c1-16-9-13-5-2-3-8-14(13)18-11-17-10-15(18)12-6-4-7-12/h2-3,5,8,10-12,16H,4,6-7,9H2,1H3. The first-order valence-corrected chi connectivity index (χ1v) is 6.65. The molecule has 3 nitrogen and oxygen atoms in total. The van der Waals surface area contributed by atoms with Crippen molar-refractivity contribution in [3.8, 4) is 5.69 Å². The van der Waals surface area contributed by atoms with E-state index in [4.69, 9.17) is 0 Å². The Morgan fingerprint density at radius 1 is 1.33 bits per heavy atom. The average Bonchev–Trinajstić information content (AvgIpc) is 2.77. The molecule has 1 aromatic heterocycles. The molecule has 0 spiro atoms. The molecule has 0 amide bonds. The van der Waals surface area contributed by atoms with Crippen molar-refractivity contribution in [3.05, 3.63) is 48.0 Å². The van der Waals surface area contributed by atoms with E-state index in [2.05, 4.69) is 39.1 Å². The molecule has 1 aliphatic rings. The van der Waals surface area contributed by atoms with Crippen molar-refractivity contribution in [1.82, 2.24) is 14.9 Å². The van der Waals surface area contributed by atoms with Gasteiger partial charge in [-0.15, -0.1) is 0 Å². The van der Waals surface area contributed by atoms with Crippen molar-refractivity contribution < 1.29 is 0 Å². The predicted molar refractivity (Wildman–Crippen MR) is 72.9 cm³/mol. The molecule has 0 radical (unpaired) electrons. The third-order valence-electron chi connectivity index (χ3n) is 3.81. The number of imidazole rings is 1. The maximum absolute atomic E-state index is 4.35. The minimum absolute atomic E-state index is 0.704. The number of para-hydroxylation sites is 1. The molecule has 1 aromatic carbocycles. The van der Waals surface area contributed by atoms with Crippen LogP contribution in [0.1, 0.15) is 36.4 Å². The van der Waals surface area contributed by atoms with Crippen LogP contribution in [-0.2, 0) is 6.54 Å². The van der Waals surface area contributed by atoms with Crippen molar-refractivity contribution in [2.75, 3.05) is 7.05 Å². The molecule has 1 N–H and O–H groups in total. The van der Waals surface area contributed by atoms with Crippen molar-refractivity contribution >= 4 is 0 Å². The van der Waals surface area contributed by atoms with Gasteiger partial charge in [0, 0.05) is 24.4 Å². The van der Waals surface area contributed by atoms with Crippen LogP contribution in [0.4, 0.5) is 0 Å². The van der Waals surface area contributed by atoms with Gasteiger partial charge in [-0.2, -0.15) is 0 Å². The minimum Gasteiger partial charge on any atom is -0.316 e. The first-order chi connectivity index (χ1) is 8.90. The van der Waals surface area contributed by atoms with E-state index in [1.807, 2.05) is 19.6 Å². The number of nitrogens with zero attached hydrogens (tertiary/aromatic N) is 2. The summed E-state index contributed by atoms with van der Waals surface area (Å²) in [7, 11) is 1.98. The summed E-state index contributed by atoms with van der Waals surface area (Å²) in [5.41, 5.74) is 3.94. The van der Waals surface area contributed by atoms with Gasteiger partial charge in [0.25, 0.3) is 0 Å². The maximum Gasteiger partial charge on any atom is 0.0994 e. The van der Waals surface area contributed by atoms with E-state index in [-0.39, 0.29) is 0 Å². The summed E-state index contributed by atoms with van der Waals surface area (Å²) in [5.74, 6) is 0.704. The molecule has 0 aliphatic heterocycles. The highest BCUT2D eigenvalue weighted by Crippen LogP contribution is 2.37. The molecule has 18 heavy (non-hydrogen) atoms. The van der Waals surface area contributed by atoms with Crippen LogP contribution in [-0.4, -0.2) is 16.6 Å². The summed E-state index contributed by atoms with van der Waals surface area (Å²) in [6.45, 7) is 0.887. The zero-order valence-corrected chi connectivity index (χ0v) is 10.8. The first-order valence-electron chi connectivity index (χ1n) is 6.65. The largest absolute Gasteiger partial charge is 0.316 e. The van der Waals surface area contributed by atoms with E-state index in [9.17, 15) is 0 Å². The van der Waals surface area contributed by atoms with Crippen LogP contribution in [0, 0.1) is 0 Å². The highest BCUT2D eigenvalue weighted by molar-refractivity contribution is 5.43. The lowest BCUT2D eigenvalue weighted by molar-refractivity contribution is 0.406. The summed E-state index contributed by atoms with van der Waals surface area (Å²) in [6.07, 6.45) is 7.94. The fourth-order valence-electron chi connectivity index (χ4n) is 2.60. The third kappa shape index (κ3) is 1.95. The third-order valence-corrected chi connectivity index (χ3v) is 3.81. The van der Waals surface area contributed by atoms with E-state index in [1.54, 1.807) is 0 Å².